The zero-order valence-corrected chi connectivity index (χ0v) is 17.6. The monoisotopic (exact) mass is 458 g/mol. The van der Waals surface area contributed by atoms with Crippen molar-refractivity contribution in [2.45, 2.75) is 0 Å². The summed E-state index contributed by atoms with van der Waals surface area (Å²) in [4.78, 5) is 24.8. The summed E-state index contributed by atoms with van der Waals surface area (Å²) in [6.07, 6.45) is 1.56. The van der Waals surface area contributed by atoms with Gasteiger partial charge in [-0.2, -0.15) is 0 Å². The van der Waals surface area contributed by atoms with Crippen LogP contribution in [0.2, 0.25) is 15.1 Å². The summed E-state index contributed by atoms with van der Waals surface area (Å²) in [5.74, 6) is 0.452. The van der Waals surface area contributed by atoms with Gasteiger partial charge < -0.3 is 9.47 Å². The molecule has 3 aromatic rings. The lowest BCUT2D eigenvalue weighted by Gasteiger charge is -2.07. The third-order valence-corrected chi connectivity index (χ3v) is 5.24. The summed E-state index contributed by atoms with van der Waals surface area (Å²) in [6.45, 7) is -0.155. The summed E-state index contributed by atoms with van der Waals surface area (Å²) in [6, 6.07) is 16.3. The van der Waals surface area contributed by atoms with E-state index in [4.69, 9.17) is 44.3 Å². The van der Waals surface area contributed by atoms with Gasteiger partial charge in [-0.25, -0.2) is 0 Å². The Morgan fingerprint density at radius 2 is 1.67 bits per heavy atom. The molecule has 1 heterocycles. The van der Waals surface area contributed by atoms with Gasteiger partial charge in [-0.05, 0) is 60.2 Å². The zero-order valence-electron chi connectivity index (χ0n) is 15.3. The fourth-order valence-electron chi connectivity index (χ4n) is 2.88. The molecule has 4 rings (SSSR count). The number of Topliss-reactive ketones (excluding diaryl/α,β-unsaturated/α-hetero) is 2. The first-order chi connectivity index (χ1) is 14.4. The molecule has 0 aliphatic carbocycles. The number of carbonyl (C=O) groups excluding carboxylic acids is 2. The van der Waals surface area contributed by atoms with Crippen molar-refractivity contribution in [3.05, 3.63) is 98.2 Å². The van der Waals surface area contributed by atoms with Gasteiger partial charge in [0.25, 0.3) is 0 Å². The molecule has 0 saturated carbocycles. The van der Waals surface area contributed by atoms with Crippen LogP contribution in [0.15, 0.2) is 66.4 Å². The number of hydrogen-bond donors (Lipinski definition) is 0. The smallest absolute Gasteiger partial charge is 0.231 e. The zero-order chi connectivity index (χ0) is 21.3. The van der Waals surface area contributed by atoms with Gasteiger partial charge in [0.1, 0.15) is 11.5 Å². The molecule has 4 nitrogen and oxygen atoms in total. The molecule has 0 saturated heterocycles. The number of fused-ring (bicyclic) bond motifs is 1. The van der Waals surface area contributed by atoms with E-state index in [1.54, 1.807) is 66.7 Å². The minimum atomic E-state index is -0.264. The molecule has 1 aliphatic heterocycles. The standard InChI is InChI=1S/C23H13Cl3O4/c24-15-4-1-13(2-5-15)20(27)12-29-17-7-8-18-21(11-17)30-22(23(18)28)9-14-3-6-16(25)10-19(14)26/h1-11H,12H2/b22-9-. The molecule has 0 N–H and O–H groups in total. The minimum Gasteiger partial charge on any atom is -0.485 e. The van der Waals surface area contributed by atoms with E-state index in [1.165, 1.54) is 0 Å². The van der Waals surface area contributed by atoms with Gasteiger partial charge >= 0.3 is 0 Å². The molecule has 7 heteroatoms. The number of rotatable bonds is 5. The van der Waals surface area contributed by atoms with Crippen LogP contribution >= 0.6 is 34.8 Å². The van der Waals surface area contributed by atoms with Gasteiger partial charge in [0.15, 0.2) is 18.1 Å². The fourth-order valence-corrected chi connectivity index (χ4v) is 3.47. The molecule has 30 heavy (non-hydrogen) atoms. The third kappa shape index (κ3) is 4.36. The highest BCUT2D eigenvalue weighted by Crippen LogP contribution is 2.35. The molecule has 0 spiro atoms. The van der Waals surface area contributed by atoms with Gasteiger partial charge in [0.05, 0.1) is 5.56 Å². The molecule has 0 bridgehead atoms. The average molecular weight is 460 g/mol. The SMILES string of the molecule is O=C(COc1ccc2c(c1)O/C(=C\c1ccc(Cl)cc1Cl)C2=O)c1ccc(Cl)cc1. The fraction of sp³-hybridized carbons (Fsp3) is 0.0435. The van der Waals surface area contributed by atoms with Crippen molar-refractivity contribution >= 4 is 52.4 Å². The number of hydrogen-bond acceptors (Lipinski definition) is 4. The van der Waals surface area contributed by atoms with E-state index in [-0.39, 0.29) is 23.9 Å². The summed E-state index contributed by atoms with van der Waals surface area (Å²) >= 11 is 17.9. The van der Waals surface area contributed by atoms with E-state index in [1.807, 2.05) is 0 Å². The largest absolute Gasteiger partial charge is 0.485 e. The van der Waals surface area contributed by atoms with Crippen molar-refractivity contribution in [1.29, 1.82) is 0 Å². The molecule has 0 unspecified atom stereocenters. The first-order valence-electron chi connectivity index (χ1n) is 8.85. The molecule has 0 aromatic heterocycles. The Bertz CT molecular complexity index is 1180. The van der Waals surface area contributed by atoms with Crippen molar-refractivity contribution in [2.75, 3.05) is 6.61 Å². The third-order valence-electron chi connectivity index (χ3n) is 4.43. The Labute approximate surface area is 187 Å². The van der Waals surface area contributed by atoms with E-state index >= 15 is 0 Å². The summed E-state index contributed by atoms with van der Waals surface area (Å²) in [7, 11) is 0. The lowest BCUT2D eigenvalue weighted by atomic mass is 10.1. The molecule has 150 valence electrons. The van der Waals surface area contributed by atoms with E-state index in [2.05, 4.69) is 0 Å². The second kappa shape index (κ2) is 8.52. The van der Waals surface area contributed by atoms with Crippen molar-refractivity contribution in [2.24, 2.45) is 0 Å². The van der Waals surface area contributed by atoms with Gasteiger partial charge in [-0.15, -0.1) is 0 Å². The molecular weight excluding hydrogens is 447 g/mol. The first kappa shape index (κ1) is 20.5. The lowest BCUT2D eigenvalue weighted by Crippen LogP contribution is -2.11. The second-order valence-corrected chi connectivity index (χ2v) is 7.76. The van der Waals surface area contributed by atoms with Crippen molar-refractivity contribution < 1.29 is 19.1 Å². The Morgan fingerprint density at radius 1 is 0.933 bits per heavy atom. The lowest BCUT2D eigenvalue weighted by molar-refractivity contribution is 0.0921. The average Bonchev–Trinajstić information content (AvgIpc) is 3.03. The van der Waals surface area contributed by atoms with Crippen LogP contribution in [0.4, 0.5) is 0 Å². The van der Waals surface area contributed by atoms with E-state index in [9.17, 15) is 9.59 Å². The van der Waals surface area contributed by atoms with Gasteiger partial charge in [-0.3, -0.25) is 9.59 Å². The number of carbonyl (C=O) groups is 2. The van der Waals surface area contributed by atoms with Crippen LogP contribution in [0.25, 0.3) is 6.08 Å². The Kier molecular flexibility index (Phi) is 5.82. The molecular formula is C23H13Cl3O4. The highest BCUT2D eigenvalue weighted by atomic mass is 35.5. The maximum atomic E-state index is 12.6. The highest BCUT2D eigenvalue weighted by Gasteiger charge is 2.28. The minimum absolute atomic E-state index is 0.142. The van der Waals surface area contributed by atoms with E-state index in [0.29, 0.717) is 43.3 Å². The number of allylic oxidation sites excluding steroid dienone is 1. The topological polar surface area (TPSA) is 52.6 Å². The Balaban J connectivity index is 1.48. The highest BCUT2D eigenvalue weighted by molar-refractivity contribution is 6.35. The summed E-state index contributed by atoms with van der Waals surface area (Å²) in [5.41, 5.74) is 1.52. The van der Waals surface area contributed by atoms with Crippen molar-refractivity contribution in [3.63, 3.8) is 0 Å². The van der Waals surface area contributed by atoms with Crippen LogP contribution in [0.3, 0.4) is 0 Å². The van der Waals surface area contributed by atoms with Crippen LogP contribution in [0, 0.1) is 0 Å². The van der Waals surface area contributed by atoms with Crippen LogP contribution < -0.4 is 9.47 Å². The first-order valence-corrected chi connectivity index (χ1v) is 9.99. The predicted molar refractivity (Wildman–Crippen MR) is 117 cm³/mol. The van der Waals surface area contributed by atoms with Gasteiger partial charge in [0.2, 0.25) is 5.78 Å². The molecule has 0 radical (unpaired) electrons. The van der Waals surface area contributed by atoms with Crippen molar-refractivity contribution in [1.82, 2.24) is 0 Å². The molecule has 0 fully saturated rings. The molecule has 3 aromatic carbocycles. The number of halogens is 3. The number of ether oxygens (including phenoxy) is 2. The Morgan fingerprint density at radius 3 is 2.40 bits per heavy atom. The van der Waals surface area contributed by atoms with E-state index in [0.717, 1.165) is 0 Å². The van der Waals surface area contributed by atoms with Crippen LogP contribution in [0.5, 0.6) is 11.5 Å². The maximum Gasteiger partial charge on any atom is 0.231 e. The second-order valence-electron chi connectivity index (χ2n) is 6.48. The summed E-state index contributed by atoms with van der Waals surface area (Å²) < 4.78 is 11.3. The molecule has 1 aliphatic rings. The summed E-state index contributed by atoms with van der Waals surface area (Å²) in [5, 5.41) is 1.46. The van der Waals surface area contributed by atoms with Crippen LogP contribution in [0.1, 0.15) is 26.3 Å². The molecule has 0 atom stereocenters. The Hall–Kier alpha value is -2.79. The number of benzene rings is 3. The number of ketones is 2. The molecule has 0 amide bonds. The van der Waals surface area contributed by atoms with Crippen LogP contribution in [-0.4, -0.2) is 18.2 Å². The van der Waals surface area contributed by atoms with Crippen LogP contribution in [-0.2, 0) is 0 Å². The maximum absolute atomic E-state index is 12.6. The van der Waals surface area contributed by atoms with Gasteiger partial charge in [0, 0.05) is 26.7 Å². The predicted octanol–water partition coefficient (Wildman–Crippen LogP) is 6.52. The van der Waals surface area contributed by atoms with E-state index < -0.39 is 0 Å². The van der Waals surface area contributed by atoms with Gasteiger partial charge in [-0.1, -0.05) is 40.9 Å². The quantitative estimate of drug-likeness (QED) is 0.322. The normalized spacial score (nSPS) is 13.8. The van der Waals surface area contributed by atoms with Crippen molar-refractivity contribution in [3.8, 4) is 11.5 Å².